The van der Waals surface area contributed by atoms with Gasteiger partial charge in [-0.25, -0.2) is 4.90 Å². The first-order valence-corrected chi connectivity index (χ1v) is 28.8. The molecule has 0 aliphatic carbocycles. The van der Waals surface area contributed by atoms with Crippen LogP contribution in [0.3, 0.4) is 0 Å². The lowest BCUT2D eigenvalue weighted by atomic mass is 10.0. The number of para-hydroxylation sites is 1. The van der Waals surface area contributed by atoms with E-state index in [9.17, 15) is 0 Å². The highest BCUT2D eigenvalue weighted by Crippen LogP contribution is 2.44. The smallest absolute Gasteiger partial charge is 0.245 e. The third-order valence-corrected chi connectivity index (χ3v) is 16.1. The van der Waals surface area contributed by atoms with Crippen LogP contribution in [-0.4, -0.2) is 58.8 Å². The minimum absolute atomic E-state index is 0.342. The lowest BCUT2D eigenvalue weighted by Crippen LogP contribution is -2.28. The molecule has 6 nitrogen and oxygen atoms in total. The van der Waals surface area contributed by atoms with Gasteiger partial charge in [-0.1, -0.05) is 236 Å². The molecule has 0 amide bonds. The van der Waals surface area contributed by atoms with Crippen LogP contribution in [0.4, 0.5) is 17.1 Å². The maximum Gasteiger partial charge on any atom is 0.245 e. The fraction of sp³-hybridized carbons (Fsp3) is 0.230. The van der Waals surface area contributed by atoms with Crippen LogP contribution in [0.5, 0.6) is 0 Å². The summed E-state index contributed by atoms with van der Waals surface area (Å²) in [6.07, 6.45) is 13.9. The Bertz CT molecular complexity index is 3190. The summed E-state index contributed by atoms with van der Waals surface area (Å²) < 4.78 is 7.26. The van der Waals surface area contributed by atoms with Gasteiger partial charge in [-0.3, -0.25) is 18.6 Å². The average Bonchev–Trinajstić information content (AvgIpc) is 4.27. The van der Waals surface area contributed by atoms with Crippen LogP contribution in [0, 0.1) is 13.8 Å². The molecule has 3 aliphatic heterocycles. The van der Waals surface area contributed by atoms with E-state index in [-0.39, 0.29) is 0 Å². The summed E-state index contributed by atoms with van der Waals surface area (Å²) in [7, 11) is 6.34. The zero-order valence-corrected chi connectivity index (χ0v) is 47.4. The van der Waals surface area contributed by atoms with E-state index in [1.807, 2.05) is 0 Å². The Balaban J connectivity index is 0.000000139. The van der Waals surface area contributed by atoms with Gasteiger partial charge in [0.1, 0.15) is 53.3 Å². The van der Waals surface area contributed by atoms with Crippen molar-refractivity contribution in [3.05, 3.63) is 305 Å². The van der Waals surface area contributed by atoms with Gasteiger partial charge in [0, 0.05) is 0 Å². The van der Waals surface area contributed by atoms with E-state index in [0.29, 0.717) is 36.3 Å². The summed E-state index contributed by atoms with van der Waals surface area (Å²) >= 11 is 0. The van der Waals surface area contributed by atoms with Gasteiger partial charge in [-0.15, -0.1) is 0 Å². The highest BCUT2D eigenvalue weighted by atomic mass is 15.3. The normalized spacial score (nSPS) is 19.2. The van der Waals surface area contributed by atoms with Crippen molar-refractivity contribution < 1.29 is 13.7 Å². The second kappa shape index (κ2) is 26.8. The molecule has 9 aromatic rings. The maximum absolute atomic E-state index is 2.57. The number of hydrogen-bond acceptors (Lipinski definition) is 0. The van der Waals surface area contributed by atoms with E-state index in [0.717, 1.165) is 12.8 Å². The fourth-order valence-electron chi connectivity index (χ4n) is 12.1. The predicted molar refractivity (Wildman–Crippen MR) is 335 cm³/mol. The number of aryl methyl sites for hydroxylation is 2. The van der Waals surface area contributed by atoms with Crippen molar-refractivity contribution in [1.82, 2.24) is 4.90 Å². The van der Waals surface area contributed by atoms with Gasteiger partial charge in [-0.2, -0.15) is 4.90 Å². The molecule has 0 saturated carbocycles. The van der Waals surface area contributed by atoms with E-state index in [1.165, 1.54) is 87.3 Å². The summed E-state index contributed by atoms with van der Waals surface area (Å²) in [6, 6.07) is 96.0. The monoisotopic (exact) mass is 1050 g/mol. The third-order valence-electron chi connectivity index (χ3n) is 16.1. The molecule has 402 valence electrons. The van der Waals surface area contributed by atoms with Crippen LogP contribution < -0.4 is 9.80 Å². The molecule has 6 heteroatoms. The van der Waals surface area contributed by atoms with E-state index < -0.39 is 0 Å². The SMILES string of the molecule is CN(C=[N+]1[C@@H](c2ccccc2)CC[C@@H]1c1ccccc1)c1ccccc1.C[N+](C)=CN1[C@@H](c2ccccc2)CC[C@@H]1c1ccccc1.Cc1ccc(N(C=[N+]2[C@@H](c3ccccc3)CC[C@@H]2c2ccccc2)c2ccc(C)cc2)cc1. The van der Waals surface area contributed by atoms with Gasteiger partial charge < -0.3 is 0 Å². The minimum atomic E-state index is 0.342. The lowest BCUT2D eigenvalue weighted by Gasteiger charge is -2.23. The van der Waals surface area contributed by atoms with Crippen LogP contribution in [-0.2, 0) is 0 Å². The summed E-state index contributed by atoms with van der Waals surface area (Å²) in [5.41, 5.74) is 14.5. The van der Waals surface area contributed by atoms with Gasteiger partial charge in [0.25, 0.3) is 0 Å². The summed E-state index contributed by atoms with van der Waals surface area (Å²) in [6.45, 7) is 4.28. The second-order valence-electron chi connectivity index (χ2n) is 21.9. The van der Waals surface area contributed by atoms with Crippen molar-refractivity contribution >= 4 is 36.1 Å². The van der Waals surface area contributed by atoms with E-state index in [4.69, 9.17) is 0 Å². The fourth-order valence-corrected chi connectivity index (χ4v) is 12.1. The Hall–Kier alpha value is -8.61. The minimum Gasteiger partial charge on any atom is -0.274 e. The number of rotatable bonds is 12. The van der Waals surface area contributed by atoms with Crippen LogP contribution in [0.1, 0.15) is 119 Å². The van der Waals surface area contributed by atoms with Crippen LogP contribution >= 0.6 is 0 Å². The number of benzene rings is 9. The topological polar surface area (TPSA) is 18.8 Å². The first-order valence-electron chi connectivity index (χ1n) is 28.8. The summed E-state index contributed by atoms with van der Waals surface area (Å²) in [4.78, 5) is 7.10. The summed E-state index contributed by atoms with van der Waals surface area (Å²) in [5.74, 6) is 0. The molecule has 3 heterocycles. The predicted octanol–water partition coefficient (Wildman–Crippen LogP) is 17.1. The van der Waals surface area contributed by atoms with Crippen molar-refractivity contribution in [2.75, 3.05) is 30.9 Å². The molecule has 6 atom stereocenters. The van der Waals surface area contributed by atoms with E-state index in [2.05, 4.69) is 343 Å². The molecule has 80 heavy (non-hydrogen) atoms. The molecule has 3 aliphatic rings. The third kappa shape index (κ3) is 13.6. The van der Waals surface area contributed by atoms with E-state index in [1.54, 1.807) is 0 Å². The highest BCUT2D eigenvalue weighted by Gasteiger charge is 2.40. The van der Waals surface area contributed by atoms with Gasteiger partial charge >= 0.3 is 0 Å². The van der Waals surface area contributed by atoms with Crippen molar-refractivity contribution in [3.63, 3.8) is 0 Å². The highest BCUT2D eigenvalue weighted by molar-refractivity contribution is 5.87. The Morgan fingerprint density at radius 1 is 0.350 bits per heavy atom. The Morgan fingerprint density at radius 3 is 0.950 bits per heavy atom. The number of likely N-dealkylation sites (tertiary alicyclic amines) is 1. The van der Waals surface area contributed by atoms with Crippen LogP contribution in [0.15, 0.2) is 261 Å². The molecular weight excluding hydrogens is 973 g/mol. The molecule has 3 fully saturated rings. The largest absolute Gasteiger partial charge is 0.274 e. The first kappa shape index (κ1) is 54.7. The van der Waals surface area contributed by atoms with Gasteiger partial charge in [-0.05, 0) is 122 Å². The molecule has 0 unspecified atom stereocenters. The van der Waals surface area contributed by atoms with Crippen molar-refractivity contribution in [3.8, 4) is 0 Å². The number of hydrogen-bond donors (Lipinski definition) is 0. The van der Waals surface area contributed by atoms with Crippen LogP contribution in [0.2, 0.25) is 0 Å². The van der Waals surface area contributed by atoms with Crippen LogP contribution in [0.25, 0.3) is 0 Å². The molecule has 0 aromatic heterocycles. The van der Waals surface area contributed by atoms with Gasteiger partial charge in [0.2, 0.25) is 19.0 Å². The standard InChI is InChI=1S/C31H31N2.C24H25N2.C19H23N2/c1-24-13-17-28(18-14-24)32(29-19-15-25(2)16-20-29)23-33-30(26-9-5-3-6-10-26)21-22-31(33)27-11-7-4-8-12-27;1-25(22-15-9-4-10-16-22)19-26-23(20-11-5-2-6-12-20)17-18-24(26)21-13-7-3-8-14-21;1-20(2)15-21-18(16-9-5-3-6-10-16)13-14-19(21)17-11-7-4-8-12-17/h3-20,23,30-31H,21-22H2,1-2H3;2-16,19,23-24H,17-18H2,1H3;3-12,15,18-19H,13-14H2,1-2H3/q3*+1/t30-,31-;23-,24-;18-,19-/m111/s1. The van der Waals surface area contributed by atoms with Gasteiger partial charge in [0.15, 0.2) is 0 Å². The second-order valence-corrected chi connectivity index (χ2v) is 21.9. The molecule has 0 spiro atoms. The number of nitrogens with zero attached hydrogens (tertiary/aromatic N) is 6. The zero-order valence-electron chi connectivity index (χ0n) is 47.4. The average molecular weight is 1050 g/mol. The Kier molecular flexibility index (Phi) is 18.4. The molecule has 0 N–H and O–H groups in total. The zero-order chi connectivity index (χ0) is 55.0. The van der Waals surface area contributed by atoms with Crippen molar-refractivity contribution in [2.45, 2.75) is 88.6 Å². The number of anilines is 3. The van der Waals surface area contributed by atoms with Crippen molar-refractivity contribution in [1.29, 1.82) is 0 Å². The molecule has 0 radical (unpaired) electrons. The molecule has 0 bridgehead atoms. The Labute approximate surface area is 477 Å². The maximum atomic E-state index is 2.57. The molecule has 12 rings (SSSR count). The molecule has 3 saturated heterocycles. The quantitative estimate of drug-likeness (QED) is 0.0690. The summed E-state index contributed by atoms with van der Waals surface area (Å²) in [5, 5.41) is 0. The molecular formula is C74H79N6+3. The molecule has 9 aromatic carbocycles. The first-order chi connectivity index (χ1) is 39.3. The van der Waals surface area contributed by atoms with Crippen molar-refractivity contribution in [2.24, 2.45) is 0 Å². The van der Waals surface area contributed by atoms with E-state index >= 15 is 0 Å². The lowest BCUT2D eigenvalue weighted by molar-refractivity contribution is -0.587. The Morgan fingerprint density at radius 2 is 0.637 bits per heavy atom. The van der Waals surface area contributed by atoms with Gasteiger partial charge in [0.05, 0.1) is 21.1 Å².